The Hall–Kier alpha value is -3.39. The molecule has 46 heavy (non-hydrogen) atoms. The van der Waals surface area contributed by atoms with Crippen LogP contribution < -0.4 is 14.8 Å². The minimum Gasteiger partial charge on any atom is -0.496 e. The standard InChI is InChI=1S/C32H34Cl2N2O9S/c1-42-28-11-20(16-45-24-17-44-18-24)12-29(43-2)30(28)21-7-5-19(6-8-21)10-26(32(38)39)35-31(37)27-4-3-9-36(27)46(40,41)25-14-22(33)13-23(34)15-25/h5-8,11-15,24,26-27H,3-4,9-10,16-18H2,1-2H3,(H,35,37)(H,38,39)/t26-,27-/m0/s1. The van der Waals surface area contributed by atoms with Crippen LogP contribution in [0.2, 0.25) is 10.0 Å². The van der Waals surface area contributed by atoms with Crippen LogP contribution in [0.15, 0.2) is 59.5 Å². The zero-order valence-corrected chi connectivity index (χ0v) is 27.5. The van der Waals surface area contributed by atoms with E-state index in [9.17, 15) is 23.1 Å². The molecule has 2 fully saturated rings. The van der Waals surface area contributed by atoms with Crippen molar-refractivity contribution in [2.75, 3.05) is 34.0 Å². The number of hydrogen-bond donors (Lipinski definition) is 2. The predicted octanol–water partition coefficient (Wildman–Crippen LogP) is 4.56. The number of nitrogens with one attached hydrogen (secondary N) is 1. The number of amides is 1. The molecule has 0 bridgehead atoms. The monoisotopic (exact) mass is 692 g/mol. The number of methoxy groups -OCH3 is 2. The van der Waals surface area contributed by atoms with Gasteiger partial charge in [-0.2, -0.15) is 4.31 Å². The summed E-state index contributed by atoms with van der Waals surface area (Å²) in [5, 5.41) is 12.8. The molecule has 3 aromatic carbocycles. The number of sulfonamides is 1. The lowest BCUT2D eigenvalue weighted by Gasteiger charge is -2.26. The van der Waals surface area contributed by atoms with Crippen LogP contribution in [0.25, 0.3) is 11.1 Å². The minimum absolute atomic E-state index is 0.0276. The highest BCUT2D eigenvalue weighted by molar-refractivity contribution is 7.89. The average Bonchev–Trinajstić information content (AvgIpc) is 3.51. The maximum Gasteiger partial charge on any atom is 0.326 e. The van der Waals surface area contributed by atoms with Crippen molar-refractivity contribution in [2.24, 2.45) is 0 Å². The number of carbonyl (C=O) groups is 2. The molecular weight excluding hydrogens is 659 g/mol. The molecule has 2 aliphatic heterocycles. The SMILES string of the molecule is COc1cc(COC2COC2)cc(OC)c1-c1ccc(C[C@H](NC(=O)[C@@H]2CCCN2S(=O)(=O)c2cc(Cl)cc(Cl)c2)C(=O)O)cc1. The number of carboxylic acid groups (broad SMARTS) is 1. The van der Waals surface area contributed by atoms with Crippen molar-refractivity contribution in [3.05, 3.63) is 75.8 Å². The number of ether oxygens (including phenoxy) is 4. The van der Waals surface area contributed by atoms with Gasteiger partial charge in [-0.15, -0.1) is 0 Å². The minimum atomic E-state index is -4.12. The molecule has 1 amide bonds. The first-order chi connectivity index (χ1) is 22.0. The van der Waals surface area contributed by atoms with Gasteiger partial charge in [0.05, 0.1) is 44.5 Å². The van der Waals surface area contributed by atoms with Gasteiger partial charge >= 0.3 is 5.97 Å². The first-order valence-electron chi connectivity index (χ1n) is 14.5. The van der Waals surface area contributed by atoms with Crippen molar-refractivity contribution >= 4 is 45.1 Å². The Morgan fingerprint density at radius 2 is 1.63 bits per heavy atom. The van der Waals surface area contributed by atoms with Crippen LogP contribution in [0.5, 0.6) is 11.5 Å². The zero-order chi connectivity index (χ0) is 33.0. The highest BCUT2D eigenvalue weighted by Crippen LogP contribution is 2.40. The molecule has 3 aromatic rings. The number of nitrogens with zero attached hydrogens (tertiary/aromatic N) is 1. The molecule has 2 heterocycles. The van der Waals surface area contributed by atoms with Crippen molar-refractivity contribution in [1.29, 1.82) is 0 Å². The summed E-state index contributed by atoms with van der Waals surface area (Å²) in [5.74, 6) is -0.771. The first kappa shape index (κ1) is 34.0. The van der Waals surface area contributed by atoms with E-state index in [-0.39, 0.29) is 40.4 Å². The number of carbonyl (C=O) groups excluding carboxylic acids is 1. The van der Waals surface area contributed by atoms with E-state index in [1.165, 1.54) is 18.2 Å². The van der Waals surface area contributed by atoms with Crippen LogP contribution in [-0.4, -0.2) is 81.9 Å². The fourth-order valence-corrected chi connectivity index (χ4v) is 7.86. The third kappa shape index (κ3) is 7.59. The third-order valence-electron chi connectivity index (χ3n) is 7.90. The molecule has 2 aliphatic rings. The van der Waals surface area contributed by atoms with Gasteiger partial charge < -0.3 is 29.4 Å². The quantitative estimate of drug-likeness (QED) is 0.264. The third-order valence-corrected chi connectivity index (χ3v) is 10.2. The van der Waals surface area contributed by atoms with E-state index in [2.05, 4.69) is 5.32 Å². The van der Waals surface area contributed by atoms with Gasteiger partial charge in [-0.3, -0.25) is 4.79 Å². The Kier molecular flexibility index (Phi) is 10.8. The lowest BCUT2D eigenvalue weighted by atomic mass is 9.98. The van der Waals surface area contributed by atoms with Gasteiger partial charge in [-0.25, -0.2) is 13.2 Å². The van der Waals surface area contributed by atoms with Crippen LogP contribution in [0.1, 0.15) is 24.0 Å². The Morgan fingerprint density at radius 1 is 1.00 bits per heavy atom. The molecule has 11 nitrogen and oxygen atoms in total. The molecule has 0 spiro atoms. The summed E-state index contributed by atoms with van der Waals surface area (Å²) >= 11 is 12.0. The highest BCUT2D eigenvalue weighted by Gasteiger charge is 2.40. The smallest absolute Gasteiger partial charge is 0.326 e. The predicted molar refractivity (Wildman–Crippen MR) is 171 cm³/mol. The van der Waals surface area contributed by atoms with E-state index in [1.54, 1.807) is 26.4 Å². The van der Waals surface area contributed by atoms with Crippen molar-refractivity contribution in [3.8, 4) is 22.6 Å². The summed E-state index contributed by atoms with van der Waals surface area (Å²) < 4.78 is 50.2. The van der Waals surface area contributed by atoms with Gasteiger partial charge in [0.15, 0.2) is 0 Å². The number of benzene rings is 3. The molecular formula is C32H34Cl2N2O9S. The molecule has 2 saturated heterocycles. The highest BCUT2D eigenvalue weighted by atomic mass is 35.5. The summed E-state index contributed by atoms with van der Waals surface area (Å²) in [4.78, 5) is 25.4. The molecule has 0 aromatic heterocycles. The first-order valence-corrected chi connectivity index (χ1v) is 16.7. The molecule has 0 aliphatic carbocycles. The molecule has 2 atom stereocenters. The van der Waals surface area contributed by atoms with Crippen molar-refractivity contribution in [3.63, 3.8) is 0 Å². The summed E-state index contributed by atoms with van der Waals surface area (Å²) in [6, 6.07) is 12.5. The van der Waals surface area contributed by atoms with Gasteiger partial charge in [-0.1, -0.05) is 47.5 Å². The van der Waals surface area contributed by atoms with Crippen molar-refractivity contribution < 1.29 is 42.1 Å². The molecule has 2 N–H and O–H groups in total. The number of hydrogen-bond acceptors (Lipinski definition) is 8. The fourth-order valence-electron chi connectivity index (χ4n) is 5.47. The molecule has 0 unspecified atom stereocenters. The Bertz CT molecular complexity index is 1650. The average molecular weight is 694 g/mol. The maximum atomic E-state index is 13.4. The van der Waals surface area contributed by atoms with Crippen LogP contribution in [0, 0.1) is 0 Å². The number of carboxylic acids is 1. The molecule has 246 valence electrons. The zero-order valence-electron chi connectivity index (χ0n) is 25.2. The second-order valence-corrected chi connectivity index (χ2v) is 13.8. The number of rotatable bonds is 13. The Morgan fingerprint density at radius 3 is 2.17 bits per heavy atom. The maximum absolute atomic E-state index is 13.4. The van der Waals surface area contributed by atoms with E-state index < -0.39 is 34.0 Å². The summed E-state index contributed by atoms with van der Waals surface area (Å²) in [7, 11) is -0.986. The van der Waals surface area contributed by atoms with Crippen molar-refractivity contribution in [1.82, 2.24) is 9.62 Å². The van der Waals surface area contributed by atoms with E-state index in [1.807, 2.05) is 24.3 Å². The number of halogens is 2. The molecule has 14 heteroatoms. The van der Waals surface area contributed by atoms with Crippen LogP contribution in [0.3, 0.4) is 0 Å². The number of aliphatic carboxylic acids is 1. The Labute approximate surface area is 277 Å². The van der Waals surface area contributed by atoms with Crippen LogP contribution in [-0.2, 0) is 42.1 Å². The van der Waals surface area contributed by atoms with Gasteiger partial charge in [0.1, 0.15) is 29.7 Å². The lowest BCUT2D eigenvalue weighted by molar-refractivity contribution is -0.142. The molecule has 0 radical (unpaired) electrons. The summed E-state index contributed by atoms with van der Waals surface area (Å²) in [6.07, 6.45) is 0.716. The van der Waals surface area contributed by atoms with Gasteiger partial charge in [0.25, 0.3) is 0 Å². The van der Waals surface area contributed by atoms with E-state index >= 15 is 0 Å². The van der Waals surface area contributed by atoms with Crippen molar-refractivity contribution in [2.45, 2.75) is 49.0 Å². The van der Waals surface area contributed by atoms with Gasteiger partial charge in [0, 0.05) is 23.0 Å². The molecule has 0 saturated carbocycles. The van der Waals surface area contributed by atoms with E-state index in [0.717, 1.165) is 21.0 Å². The summed E-state index contributed by atoms with van der Waals surface area (Å²) in [6.45, 7) is 1.62. The van der Waals surface area contributed by atoms with E-state index in [4.69, 9.17) is 42.1 Å². The Balaban J connectivity index is 1.29. The van der Waals surface area contributed by atoms with Crippen LogP contribution >= 0.6 is 23.2 Å². The van der Waals surface area contributed by atoms with E-state index in [0.29, 0.717) is 43.3 Å². The molecule has 5 rings (SSSR count). The van der Waals surface area contributed by atoms with Crippen LogP contribution in [0.4, 0.5) is 0 Å². The lowest BCUT2D eigenvalue weighted by Crippen LogP contribution is -2.51. The second kappa shape index (κ2) is 14.6. The topological polar surface area (TPSA) is 141 Å². The van der Waals surface area contributed by atoms with Gasteiger partial charge in [0.2, 0.25) is 15.9 Å². The largest absolute Gasteiger partial charge is 0.496 e. The second-order valence-electron chi connectivity index (χ2n) is 11.0. The van der Waals surface area contributed by atoms with Gasteiger partial charge in [-0.05, 0) is 59.9 Å². The normalized spacial score (nSPS) is 17.7. The summed E-state index contributed by atoms with van der Waals surface area (Å²) in [5.41, 5.74) is 3.03. The fraction of sp³-hybridized carbons (Fsp3) is 0.375.